The first kappa shape index (κ1) is 19.8. The van der Waals surface area contributed by atoms with Crippen LogP contribution in [0.25, 0.3) is 5.69 Å². The van der Waals surface area contributed by atoms with E-state index in [0.29, 0.717) is 10.7 Å². The second-order valence-corrected chi connectivity index (χ2v) is 8.46. The smallest absolute Gasteiger partial charge is 0.234 e. The highest BCUT2D eigenvalue weighted by atomic mass is 35.5. The summed E-state index contributed by atoms with van der Waals surface area (Å²) in [7, 11) is 0. The molecule has 2 aliphatic rings. The summed E-state index contributed by atoms with van der Waals surface area (Å²) in [6, 6.07) is 16.9. The molecule has 0 spiro atoms. The molecule has 1 N–H and O–H groups in total. The first-order valence-corrected chi connectivity index (χ1v) is 11.3. The Bertz CT molecular complexity index is 1170. The van der Waals surface area contributed by atoms with Crippen LogP contribution in [0.4, 0.5) is 11.5 Å². The molecule has 0 atom stereocenters. The molecule has 2 aromatic carbocycles. The number of anilines is 1. The highest BCUT2D eigenvalue weighted by Gasteiger charge is 2.31. The number of halogens is 1. The van der Waals surface area contributed by atoms with E-state index in [1.807, 2.05) is 41.2 Å². The molecule has 0 aliphatic carbocycles. The van der Waals surface area contributed by atoms with E-state index in [1.54, 1.807) is 24.3 Å². The molecule has 2 aliphatic heterocycles. The van der Waals surface area contributed by atoms with Crippen LogP contribution in [0.15, 0.2) is 70.8 Å². The number of nitrogens with zero attached hydrogens (tertiary/aromatic N) is 5. The molecule has 0 saturated heterocycles. The fourth-order valence-electron chi connectivity index (χ4n) is 3.51. The number of hydrogen-bond donors (Lipinski definition) is 1. The zero-order valence-electron chi connectivity index (χ0n) is 16.5. The molecule has 7 nitrogen and oxygen atoms in total. The number of thioether (sulfide) groups is 1. The maximum absolute atomic E-state index is 12.5. The van der Waals surface area contributed by atoms with E-state index in [0.717, 1.165) is 47.6 Å². The van der Waals surface area contributed by atoms with Gasteiger partial charge in [0.25, 0.3) is 0 Å². The first-order chi connectivity index (χ1) is 15.2. The number of aromatic nitrogens is 2. The number of amides is 1. The molecule has 0 saturated carbocycles. The van der Waals surface area contributed by atoms with Gasteiger partial charge >= 0.3 is 0 Å². The largest absolute Gasteiger partial charge is 0.325 e. The van der Waals surface area contributed by atoms with Gasteiger partial charge in [-0.1, -0.05) is 41.6 Å². The number of benzene rings is 2. The molecule has 0 bridgehead atoms. The zero-order valence-corrected chi connectivity index (χ0v) is 18.1. The van der Waals surface area contributed by atoms with Gasteiger partial charge in [-0.3, -0.25) is 9.79 Å². The maximum atomic E-state index is 12.5. The van der Waals surface area contributed by atoms with E-state index >= 15 is 0 Å². The third-order valence-corrected chi connectivity index (χ3v) is 6.16. The normalized spacial score (nSPS) is 14.9. The molecule has 1 amide bonds. The van der Waals surface area contributed by atoms with Crippen LogP contribution in [0.1, 0.15) is 12.0 Å². The summed E-state index contributed by atoms with van der Waals surface area (Å²) in [5, 5.41) is 8.84. The maximum Gasteiger partial charge on any atom is 0.234 e. The summed E-state index contributed by atoms with van der Waals surface area (Å²) >= 11 is 7.31. The average Bonchev–Trinajstić information content (AvgIpc) is 3.24. The van der Waals surface area contributed by atoms with Crippen LogP contribution in [-0.4, -0.2) is 50.4 Å². The summed E-state index contributed by atoms with van der Waals surface area (Å²) in [5.41, 5.74) is 2.56. The lowest BCUT2D eigenvalue weighted by Crippen LogP contribution is -2.42. The number of para-hydroxylation sites is 1. The van der Waals surface area contributed by atoms with E-state index in [9.17, 15) is 4.79 Å². The van der Waals surface area contributed by atoms with Crippen molar-refractivity contribution in [2.45, 2.75) is 6.42 Å². The van der Waals surface area contributed by atoms with Crippen LogP contribution in [0.3, 0.4) is 0 Å². The summed E-state index contributed by atoms with van der Waals surface area (Å²) in [6.45, 7) is 1.59. The van der Waals surface area contributed by atoms with Crippen LogP contribution >= 0.6 is 23.4 Å². The molecule has 9 heteroatoms. The number of amidine groups is 2. The number of rotatable bonds is 4. The first-order valence-electron chi connectivity index (χ1n) is 9.92. The van der Waals surface area contributed by atoms with E-state index in [2.05, 4.69) is 15.3 Å². The standard InChI is InChI=1S/C22H19ClN6OS/c23-15-7-9-16(10-8-15)26-19(30)14-31-22-27-21-18(20-24-11-4-12-28(20)22)13-25-29(21)17-5-2-1-3-6-17/h1-3,5-10,13H,4,11-12,14H2,(H,26,30). The molecule has 31 heavy (non-hydrogen) atoms. The van der Waals surface area contributed by atoms with E-state index in [1.165, 1.54) is 11.8 Å². The highest BCUT2D eigenvalue weighted by Crippen LogP contribution is 2.33. The Labute approximate surface area is 188 Å². The molecule has 1 aromatic heterocycles. The molecule has 3 heterocycles. The molecule has 0 radical (unpaired) electrons. The Kier molecular flexibility index (Phi) is 5.48. The van der Waals surface area contributed by atoms with Crippen LogP contribution in [0.2, 0.25) is 5.02 Å². The van der Waals surface area contributed by atoms with Crippen molar-refractivity contribution in [3.63, 3.8) is 0 Å². The Hall–Kier alpha value is -3.10. The quantitative estimate of drug-likeness (QED) is 0.641. The average molecular weight is 451 g/mol. The molecule has 0 unspecified atom stereocenters. The van der Waals surface area contributed by atoms with Crippen molar-refractivity contribution in [1.82, 2.24) is 14.7 Å². The van der Waals surface area contributed by atoms with Gasteiger partial charge in [0.1, 0.15) is 5.84 Å². The summed E-state index contributed by atoms with van der Waals surface area (Å²) < 4.78 is 1.82. The second kappa shape index (κ2) is 8.56. The van der Waals surface area contributed by atoms with Crippen LogP contribution < -0.4 is 5.32 Å². The lowest BCUT2D eigenvalue weighted by atomic mass is 10.2. The number of carbonyl (C=O) groups is 1. The van der Waals surface area contributed by atoms with Crippen LogP contribution in [-0.2, 0) is 4.79 Å². The number of fused-ring (bicyclic) bond motifs is 3. The predicted molar refractivity (Wildman–Crippen MR) is 126 cm³/mol. The molecule has 5 rings (SSSR count). The fourth-order valence-corrected chi connectivity index (χ4v) is 4.45. The van der Waals surface area contributed by atoms with Crippen molar-refractivity contribution < 1.29 is 4.79 Å². The van der Waals surface area contributed by atoms with E-state index in [-0.39, 0.29) is 11.7 Å². The number of aliphatic imine (C=N–C) groups is 2. The van der Waals surface area contributed by atoms with E-state index < -0.39 is 0 Å². The van der Waals surface area contributed by atoms with Crippen molar-refractivity contribution in [3.8, 4) is 5.69 Å². The lowest BCUT2D eigenvalue weighted by Gasteiger charge is -2.32. The molecule has 0 fully saturated rings. The van der Waals surface area contributed by atoms with Crippen molar-refractivity contribution in [1.29, 1.82) is 0 Å². The third kappa shape index (κ3) is 4.08. The van der Waals surface area contributed by atoms with Gasteiger partial charge < -0.3 is 10.2 Å². The van der Waals surface area contributed by atoms with Gasteiger partial charge in [0, 0.05) is 23.8 Å². The minimum absolute atomic E-state index is 0.104. The van der Waals surface area contributed by atoms with Gasteiger partial charge in [0.15, 0.2) is 11.0 Å². The van der Waals surface area contributed by atoms with E-state index in [4.69, 9.17) is 21.6 Å². The topological polar surface area (TPSA) is 74.9 Å². The monoisotopic (exact) mass is 450 g/mol. The Morgan fingerprint density at radius 2 is 1.94 bits per heavy atom. The molecular formula is C22H19ClN6OS. The zero-order chi connectivity index (χ0) is 21.2. The van der Waals surface area contributed by atoms with Crippen molar-refractivity contribution in [2.75, 3.05) is 24.2 Å². The Morgan fingerprint density at radius 3 is 2.74 bits per heavy atom. The number of nitrogens with one attached hydrogen (secondary N) is 1. The Balaban J connectivity index is 1.40. The SMILES string of the molecule is O=C(CSC1=Nc2c(cnn2-c2ccccc2)C2=NCCCN12)Nc1ccc(Cl)cc1. The van der Waals surface area contributed by atoms with Gasteiger partial charge in [-0.2, -0.15) is 5.10 Å². The van der Waals surface area contributed by atoms with Gasteiger partial charge in [-0.25, -0.2) is 9.67 Å². The molecular weight excluding hydrogens is 432 g/mol. The van der Waals surface area contributed by atoms with Crippen molar-refractivity contribution in [3.05, 3.63) is 71.4 Å². The minimum Gasteiger partial charge on any atom is -0.325 e. The predicted octanol–water partition coefficient (Wildman–Crippen LogP) is 4.35. The van der Waals surface area contributed by atoms with Crippen molar-refractivity contribution in [2.24, 2.45) is 9.98 Å². The lowest BCUT2D eigenvalue weighted by molar-refractivity contribution is -0.113. The summed E-state index contributed by atoms with van der Waals surface area (Å²) in [5.74, 6) is 1.75. The summed E-state index contributed by atoms with van der Waals surface area (Å²) in [4.78, 5) is 24.2. The van der Waals surface area contributed by atoms with Gasteiger partial charge in [-0.05, 0) is 42.8 Å². The van der Waals surface area contributed by atoms with Crippen LogP contribution in [0.5, 0.6) is 0 Å². The highest BCUT2D eigenvalue weighted by molar-refractivity contribution is 8.14. The minimum atomic E-state index is -0.104. The number of carbonyl (C=O) groups excluding carboxylic acids is 1. The second-order valence-electron chi connectivity index (χ2n) is 7.08. The van der Waals surface area contributed by atoms with Crippen LogP contribution in [0, 0.1) is 0 Å². The number of hydrogen-bond acceptors (Lipinski definition) is 6. The van der Waals surface area contributed by atoms with Gasteiger partial charge in [0.2, 0.25) is 5.91 Å². The molecule has 156 valence electrons. The van der Waals surface area contributed by atoms with Gasteiger partial charge in [0.05, 0.1) is 23.2 Å². The fraction of sp³-hybridized carbons (Fsp3) is 0.182. The van der Waals surface area contributed by atoms with Gasteiger partial charge in [-0.15, -0.1) is 0 Å². The summed E-state index contributed by atoms with van der Waals surface area (Å²) in [6.07, 6.45) is 2.76. The molecule has 3 aromatic rings. The Morgan fingerprint density at radius 1 is 1.13 bits per heavy atom. The third-order valence-electron chi connectivity index (χ3n) is 4.94. The van der Waals surface area contributed by atoms with Crippen molar-refractivity contribution >= 4 is 51.8 Å².